The molecule has 3 rings (SSSR count). The van der Waals surface area contributed by atoms with Crippen LogP contribution < -0.4 is 9.47 Å². The van der Waals surface area contributed by atoms with Crippen LogP contribution in [-0.4, -0.2) is 24.6 Å². The van der Waals surface area contributed by atoms with E-state index >= 15 is 0 Å². The molecule has 6 heteroatoms. The minimum absolute atomic E-state index is 0.0475. The second-order valence-electron chi connectivity index (χ2n) is 6.13. The zero-order valence-electron chi connectivity index (χ0n) is 15.4. The number of cyclic esters (lactones) is 1. The van der Waals surface area contributed by atoms with Crippen molar-refractivity contribution in [1.82, 2.24) is 0 Å². The Morgan fingerprint density at radius 3 is 2.63 bits per heavy atom. The zero-order chi connectivity index (χ0) is 19.4. The van der Waals surface area contributed by atoms with E-state index in [0.29, 0.717) is 28.7 Å². The van der Waals surface area contributed by atoms with Crippen LogP contribution in [0, 0.1) is 0 Å². The Morgan fingerprint density at radius 1 is 1.22 bits per heavy atom. The van der Waals surface area contributed by atoms with Gasteiger partial charge in [0.25, 0.3) is 0 Å². The average Bonchev–Trinajstić information content (AvgIpc) is 2.99. The lowest BCUT2D eigenvalue weighted by Crippen LogP contribution is -2.08. The van der Waals surface area contributed by atoms with Gasteiger partial charge < -0.3 is 14.2 Å². The summed E-state index contributed by atoms with van der Waals surface area (Å²) in [5.41, 5.74) is 1.61. The van der Waals surface area contributed by atoms with Crippen LogP contribution in [0.4, 0.5) is 0 Å². The molecule has 27 heavy (non-hydrogen) atoms. The quantitative estimate of drug-likeness (QED) is 0.525. The second kappa shape index (κ2) is 8.27. The lowest BCUT2D eigenvalue weighted by atomic mass is 10.1. The van der Waals surface area contributed by atoms with E-state index in [1.807, 2.05) is 51.1 Å². The third-order valence-corrected chi connectivity index (χ3v) is 3.91. The number of hydrogen-bond acceptors (Lipinski definition) is 5. The summed E-state index contributed by atoms with van der Waals surface area (Å²) in [5.74, 6) is 0.774. The van der Waals surface area contributed by atoms with Crippen molar-refractivity contribution in [3.8, 4) is 11.5 Å². The summed E-state index contributed by atoms with van der Waals surface area (Å²) in [4.78, 5) is 16.5. The molecule has 5 nitrogen and oxygen atoms in total. The van der Waals surface area contributed by atoms with Gasteiger partial charge in [0.1, 0.15) is 0 Å². The lowest BCUT2D eigenvalue weighted by molar-refractivity contribution is -0.129. The number of carbonyl (C=O) groups excluding carboxylic acids is 1. The molecule has 0 unspecified atom stereocenters. The number of esters is 1. The minimum atomic E-state index is -0.509. The van der Waals surface area contributed by atoms with Crippen molar-refractivity contribution in [2.45, 2.75) is 26.9 Å². The van der Waals surface area contributed by atoms with Crippen LogP contribution in [0.15, 0.2) is 53.2 Å². The SMILES string of the molecule is CCOc1cc(/C=C2\N=C(c3ccccc3)OC2=O)cc(Cl)c1OC(C)C. The largest absolute Gasteiger partial charge is 0.490 e. The molecule has 2 aromatic carbocycles. The van der Waals surface area contributed by atoms with Crippen LogP contribution in [0.2, 0.25) is 5.02 Å². The molecule has 0 saturated heterocycles. The molecule has 140 valence electrons. The van der Waals surface area contributed by atoms with Crippen molar-refractivity contribution < 1.29 is 19.0 Å². The normalized spacial score (nSPS) is 15.1. The Balaban J connectivity index is 1.96. The molecule has 0 fully saturated rings. The first-order valence-corrected chi connectivity index (χ1v) is 9.06. The summed E-state index contributed by atoms with van der Waals surface area (Å²) in [6, 6.07) is 12.7. The van der Waals surface area contributed by atoms with Gasteiger partial charge in [-0.25, -0.2) is 9.79 Å². The maximum atomic E-state index is 12.2. The third-order valence-electron chi connectivity index (χ3n) is 3.63. The van der Waals surface area contributed by atoms with Gasteiger partial charge in [-0.1, -0.05) is 29.8 Å². The Hall–Kier alpha value is -2.79. The molecule has 0 bridgehead atoms. The Labute approximate surface area is 163 Å². The first kappa shape index (κ1) is 19.0. The highest BCUT2D eigenvalue weighted by molar-refractivity contribution is 6.32. The fourth-order valence-corrected chi connectivity index (χ4v) is 2.82. The second-order valence-corrected chi connectivity index (χ2v) is 6.54. The molecule has 0 amide bonds. The summed E-state index contributed by atoms with van der Waals surface area (Å²) in [7, 11) is 0. The van der Waals surface area contributed by atoms with E-state index < -0.39 is 5.97 Å². The number of rotatable bonds is 6. The van der Waals surface area contributed by atoms with Crippen molar-refractivity contribution in [3.05, 3.63) is 64.3 Å². The van der Waals surface area contributed by atoms with E-state index in [-0.39, 0.29) is 17.7 Å². The van der Waals surface area contributed by atoms with Crippen LogP contribution in [-0.2, 0) is 9.53 Å². The molecule has 1 aliphatic heterocycles. The number of aliphatic imine (C=N–C) groups is 1. The van der Waals surface area contributed by atoms with E-state index in [0.717, 1.165) is 5.56 Å². The molecule has 0 spiro atoms. The molecule has 0 N–H and O–H groups in total. The summed E-state index contributed by atoms with van der Waals surface area (Å²) in [6.45, 7) is 6.17. The number of halogens is 1. The number of benzene rings is 2. The maximum absolute atomic E-state index is 12.2. The van der Waals surface area contributed by atoms with Crippen molar-refractivity contribution >= 4 is 29.5 Å². The smallest absolute Gasteiger partial charge is 0.363 e. The molecule has 0 atom stereocenters. The monoisotopic (exact) mass is 385 g/mol. The number of carbonyl (C=O) groups is 1. The molecule has 1 aliphatic rings. The van der Waals surface area contributed by atoms with Gasteiger partial charge in [-0.15, -0.1) is 0 Å². The third kappa shape index (κ3) is 4.49. The summed E-state index contributed by atoms with van der Waals surface area (Å²) >= 11 is 6.37. The standard InChI is InChI=1S/C21H20ClNO4/c1-4-25-18-12-14(10-16(22)19(18)26-13(2)3)11-17-21(24)27-20(23-17)15-8-6-5-7-9-15/h5-13H,4H2,1-3H3/b17-11-. The first-order valence-electron chi connectivity index (χ1n) is 8.69. The summed E-state index contributed by atoms with van der Waals surface area (Å²) in [5, 5.41) is 0.403. The van der Waals surface area contributed by atoms with Gasteiger partial charge in [-0.05, 0) is 56.7 Å². The highest BCUT2D eigenvalue weighted by atomic mass is 35.5. The first-order chi connectivity index (χ1) is 13.0. The minimum Gasteiger partial charge on any atom is -0.490 e. The van der Waals surface area contributed by atoms with E-state index in [9.17, 15) is 4.79 Å². The maximum Gasteiger partial charge on any atom is 0.363 e. The number of hydrogen-bond donors (Lipinski definition) is 0. The van der Waals surface area contributed by atoms with Crippen LogP contribution in [0.3, 0.4) is 0 Å². The van der Waals surface area contributed by atoms with Gasteiger partial charge in [0.15, 0.2) is 17.2 Å². The molecular weight excluding hydrogens is 366 g/mol. The Kier molecular flexibility index (Phi) is 5.81. The Morgan fingerprint density at radius 2 is 1.96 bits per heavy atom. The van der Waals surface area contributed by atoms with Crippen molar-refractivity contribution in [3.63, 3.8) is 0 Å². The molecule has 0 aliphatic carbocycles. The van der Waals surface area contributed by atoms with Crippen LogP contribution in [0.5, 0.6) is 11.5 Å². The molecular formula is C21H20ClNO4. The van der Waals surface area contributed by atoms with Gasteiger partial charge in [-0.2, -0.15) is 0 Å². The van der Waals surface area contributed by atoms with E-state index in [4.69, 9.17) is 25.8 Å². The lowest BCUT2D eigenvalue weighted by Gasteiger charge is -2.16. The van der Waals surface area contributed by atoms with E-state index in [1.165, 1.54) is 0 Å². The summed E-state index contributed by atoms with van der Waals surface area (Å²) in [6.07, 6.45) is 1.57. The molecule has 2 aromatic rings. The van der Waals surface area contributed by atoms with E-state index in [1.54, 1.807) is 18.2 Å². The van der Waals surface area contributed by atoms with Crippen molar-refractivity contribution in [2.24, 2.45) is 4.99 Å². The fraction of sp³-hybridized carbons (Fsp3) is 0.238. The Bertz CT molecular complexity index is 904. The highest BCUT2D eigenvalue weighted by Crippen LogP contribution is 2.38. The van der Waals surface area contributed by atoms with Crippen molar-refractivity contribution in [1.29, 1.82) is 0 Å². The van der Waals surface area contributed by atoms with Crippen LogP contribution >= 0.6 is 11.6 Å². The fourth-order valence-electron chi connectivity index (χ4n) is 2.56. The number of ether oxygens (including phenoxy) is 3. The predicted octanol–water partition coefficient (Wildman–Crippen LogP) is 4.87. The predicted molar refractivity (Wildman–Crippen MR) is 105 cm³/mol. The summed E-state index contributed by atoms with van der Waals surface area (Å²) < 4.78 is 16.7. The van der Waals surface area contributed by atoms with Crippen LogP contribution in [0.1, 0.15) is 31.9 Å². The topological polar surface area (TPSA) is 57.1 Å². The number of nitrogens with zero attached hydrogens (tertiary/aromatic N) is 1. The molecule has 0 aromatic heterocycles. The molecule has 0 radical (unpaired) electrons. The van der Waals surface area contributed by atoms with Gasteiger partial charge in [0, 0.05) is 5.56 Å². The molecule has 1 heterocycles. The molecule has 0 saturated carbocycles. The van der Waals surface area contributed by atoms with Gasteiger partial charge in [0.05, 0.1) is 17.7 Å². The van der Waals surface area contributed by atoms with E-state index in [2.05, 4.69) is 4.99 Å². The van der Waals surface area contributed by atoms with Crippen molar-refractivity contribution in [2.75, 3.05) is 6.61 Å². The van der Waals surface area contributed by atoms with Gasteiger partial charge >= 0.3 is 5.97 Å². The van der Waals surface area contributed by atoms with Gasteiger partial charge in [0.2, 0.25) is 5.90 Å². The zero-order valence-corrected chi connectivity index (χ0v) is 16.1. The van der Waals surface area contributed by atoms with Gasteiger partial charge in [-0.3, -0.25) is 0 Å². The average molecular weight is 386 g/mol. The van der Waals surface area contributed by atoms with Crippen LogP contribution in [0.25, 0.3) is 6.08 Å². The highest BCUT2D eigenvalue weighted by Gasteiger charge is 2.24.